The molecule has 0 spiro atoms. The molecule has 1 atom stereocenters. The summed E-state index contributed by atoms with van der Waals surface area (Å²) in [6.07, 6.45) is 1.96. The van der Waals surface area contributed by atoms with Crippen LogP contribution in [-0.2, 0) is 20.0 Å². The number of halogens is 1. The van der Waals surface area contributed by atoms with Gasteiger partial charge in [-0.25, -0.2) is 25.9 Å². The first kappa shape index (κ1) is 20.3. The standard InChI is InChI=1S/C13H21N3O4S2.ClH/c1-16(2)22(19,20)13-7-3-6-12(9-13)21(17,18)15-10-11-5-4-8-14-11;/h3,6-7,9,11,14-15H,4-5,8,10H2,1-2H3;1H. The Labute approximate surface area is 144 Å². The van der Waals surface area contributed by atoms with Gasteiger partial charge < -0.3 is 5.32 Å². The van der Waals surface area contributed by atoms with Crippen LogP contribution in [0.1, 0.15) is 12.8 Å². The van der Waals surface area contributed by atoms with Crippen LogP contribution in [0.25, 0.3) is 0 Å². The maximum atomic E-state index is 12.3. The summed E-state index contributed by atoms with van der Waals surface area (Å²) in [5.41, 5.74) is 0. The second kappa shape index (κ2) is 7.91. The molecule has 10 heteroatoms. The van der Waals surface area contributed by atoms with Gasteiger partial charge in [0.1, 0.15) is 0 Å². The fourth-order valence-electron chi connectivity index (χ4n) is 2.24. The molecule has 0 saturated carbocycles. The molecule has 132 valence electrons. The Balaban J connectivity index is 0.00000264. The second-order valence-corrected chi connectivity index (χ2v) is 9.33. The third-order valence-electron chi connectivity index (χ3n) is 3.58. The third-order valence-corrected chi connectivity index (χ3v) is 6.81. The molecule has 1 aliphatic heterocycles. The van der Waals surface area contributed by atoms with E-state index in [1.54, 1.807) is 0 Å². The van der Waals surface area contributed by atoms with Crippen LogP contribution in [-0.4, -0.2) is 54.4 Å². The van der Waals surface area contributed by atoms with E-state index in [0.717, 1.165) is 23.7 Å². The number of hydrogen-bond acceptors (Lipinski definition) is 5. The highest BCUT2D eigenvalue weighted by atomic mass is 35.5. The molecular weight excluding hydrogens is 362 g/mol. The SMILES string of the molecule is CN(C)S(=O)(=O)c1cccc(S(=O)(=O)NCC2CCCN2)c1.Cl. The van der Waals surface area contributed by atoms with Crippen molar-refractivity contribution in [1.82, 2.24) is 14.3 Å². The van der Waals surface area contributed by atoms with E-state index in [9.17, 15) is 16.8 Å². The van der Waals surface area contributed by atoms with Crippen molar-refractivity contribution in [2.24, 2.45) is 0 Å². The summed E-state index contributed by atoms with van der Waals surface area (Å²) in [5.74, 6) is 0. The van der Waals surface area contributed by atoms with E-state index in [0.29, 0.717) is 6.54 Å². The van der Waals surface area contributed by atoms with Crippen molar-refractivity contribution >= 4 is 32.5 Å². The number of nitrogens with zero attached hydrogens (tertiary/aromatic N) is 1. The first-order valence-corrected chi connectivity index (χ1v) is 9.91. The van der Waals surface area contributed by atoms with Gasteiger partial charge >= 0.3 is 0 Å². The summed E-state index contributed by atoms with van der Waals surface area (Å²) in [4.78, 5) is -0.0900. The van der Waals surface area contributed by atoms with Gasteiger partial charge in [0, 0.05) is 26.7 Å². The smallest absolute Gasteiger partial charge is 0.242 e. The van der Waals surface area contributed by atoms with Gasteiger partial charge in [-0.15, -0.1) is 12.4 Å². The average Bonchev–Trinajstić information content (AvgIpc) is 2.98. The van der Waals surface area contributed by atoms with E-state index in [-0.39, 0.29) is 28.2 Å². The topological polar surface area (TPSA) is 95.6 Å². The van der Waals surface area contributed by atoms with E-state index in [1.807, 2.05) is 0 Å². The lowest BCUT2D eigenvalue weighted by Crippen LogP contribution is -2.37. The Bertz CT molecular complexity index is 729. The van der Waals surface area contributed by atoms with Crippen molar-refractivity contribution in [2.75, 3.05) is 27.2 Å². The molecule has 1 fully saturated rings. The van der Waals surface area contributed by atoms with Crippen LogP contribution in [0, 0.1) is 0 Å². The molecule has 2 N–H and O–H groups in total. The van der Waals surface area contributed by atoms with Crippen LogP contribution >= 0.6 is 12.4 Å². The summed E-state index contributed by atoms with van der Waals surface area (Å²) >= 11 is 0. The predicted octanol–water partition coefficient (Wildman–Crippen LogP) is 0.389. The predicted molar refractivity (Wildman–Crippen MR) is 90.8 cm³/mol. The van der Waals surface area contributed by atoms with Crippen LogP contribution < -0.4 is 10.0 Å². The second-order valence-electron chi connectivity index (χ2n) is 5.41. The Morgan fingerprint density at radius 1 is 1.22 bits per heavy atom. The molecule has 1 unspecified atom stereocenters. The minimum Gasteiger partial charge on any atom is -0.313 e. The molecule has 1 aromatic carbocycles. The highest BCUT2D eigenvalue weighted by Crippen LogP contribution is 2.18. The Morgan fingerprint density at radius 3 is 2.43 bits per heavy atom. The van der Waals surface area contributed by atoms with Gasteiger partial charge in [-0.1, -0.05) is 6.07 Å². The number of benzene rings is 1. The summed E-state index contributed by atoms with van der Waals surface area (Å²) < 4.78 is 52.3. The van der Waals surface area contributed by atoms with Crippen LogP contribution in [0.4, 0.5) is 0 Å². The van der Waals surface area contributed by atoms with Gasteiger partial charge in [-0.05, 0) is 37.6 Å². The fraction of sp³-hybridized carbons (Fsp3) is 0.538. The normalized spacial score (nSPS) is 18.8. The maximum Gasteiger partial charge on any atom is 0.242 e. The lowest BCUT2D eigenvalue weighted by molar-refractivity contribution is 0.520. The van der Waals surface area contributed by atoms with Gasteiger partial charge in [0.2, 0.25) is 20.0 Å². The zero-order valence-corrected chi connectivity index (χ0v) is 15.5. The molecule has 1 aliphatic rings. The van der Waals surface area contributed by atoms with Gasteiger partial charge in [-0.3, -0.25) is 0 Å². The van der Waals surface area contributed by atoms with Crippen molar-refractivity contribution in [2.45, 2.75) is 28.7 Å². The first-order chi connectivity index (χ1) is 10.2. The number of nitrogens with one attached hydrogen (secondary N) is 2. The molecule has 0 radical (unpaired) electrons. The van der Waals surface area contributed by atoms with Gasteiger partial charge in [-0.2, -0.15) is 0 Å². The minimum atomic E-state index is -3.73. The molecule has 0 bridgehead atoms. The van der Waals surface area contributed by atoms with E-state index >= 15 is 0 Å². The van der Waals surface area contributed by atoms with E-state index in [1.165, 1.54) is 38.4 Å². The maximum absolute atomic E-state index is 12.3. The van der Waals surface area contributed by atoms with Gasteiger partial charge in [0.25, 0.3) is 0 Å². The number of rotatable bonds is 6. The van der Waals surface area contributed by atoms with Crippen LogP contribution in [0.2, 0.25) is 0 Å². The lowest BCUT2D eigenvalue weighted by atomic mass is 10.2. The molecule has 0 aliphatic carbocycles. The summed E-state index contributed by atoms with van der Waals surface area (Å²) in [5, 5.41) is 3.20. The largest absolute Gasteiger partial charge is 0.313 e. The van der Waals surface area contributed by atoms with Crippen molar-refractivity contribution in [1.29, 1.82) is 0 Å². The molecule has 23 heavy (non-hydrogen) atoms. The fourth-order valence-corrected chi connectivity index (χ4v) is 4.39. The van der Waals surface area contributed by atoms with Gasteiger partial charge in [0.05, 0.1) is 9.79 Å². The van der Waals surface area contributed by atoms with Crippen molar-refractivity contribution in [3.63, 3.8) is 0 Å². The molecule has 7 nitrogen and oxygen atoms in total. The molecule has 2 rings (SSSR count). The van der Waals surface area contributed by atoms with E-state index in [4.69, 9.17) is 0 Å². The molecule has 0 amide bonds. The monoisotopic (exact) mass is 383 g/mol. The number of hydrogen-bond donors (Lipinski definition) is 2. The molecular formula is C13H22ClN3O4S2. The zero-order valence-electron chi connectivity index (χ0n) is 13.0. The number of sulfonamides is 2. The Morgan fingerprint density at radius 2 is 1.87 bits per heavy atom. The summed E-state index contributed by atoms with van der Waals surface area (Å²) in [6.45, 7) is 1.19. The van der Waals surface area contributed by atoms with E-state index in [2.05, 4.69) is 10.0 Å². The van der Waals surface area contributed by atoms with Crippen molar-refractivity contribution in [3.05, 3.63) is 24.3 Å². The average molecular weight is 384 g/mol. The highest BCUT2D eigenvalue weighted by molar-refractivity contribution is 7.90. The van der Waals surface area contributed by atoms with Crippen molar-refractivity contribution < 1.29 is 16.8 Å². The van der Waals surface area contributed by atoms with Crippen LogP contribution in [0.5, 0.6) is 0 Å². The molecule has 1 saturated heterocycles. The van der Waals surface area contributed by atoms with E-state index < -0.39 is 20.0 Å². The quantitative estimate of drug-likeness (QED) is 0.740. The lowest BCUT2D eigenvalue weighted by Gasteiger charge is -2.14. The Kier molecular flexibility index (Phi) is 6.99. The zero-order chi connectivity index (χ0) is 16.4. The summed E-state index contributed by atoms with van der Waals surface area (Å²) in [7, 11) is -4.58. The van der Waals surface area contributed by atoms with Crippen LogP contribution in [0.15, 0.2) is 34.1 Å². The van der Waals surface area contributed by atoms with Crippen LogP contribution in [0.3, 0.4) is 0 Å². The molecule has 1 aromatic rings. The first-order valence-electron chi connectivity index (χ1n) is 6.99. The summed E-state index contributed by atoms with van der Waals surface area (Å²) in [6, 6.07) is 5.51. The molecule has 0 aromatic heterocycles. The van der Waals surface area contributed by atoms with Crippen molar-refractivity contribution in [3.8, 4) is 0 Å². The third kappa shape index (κ3) is 4.88. The highest BCUT2D eigenvalue weighted by Gasteiger charge is 2.22. The minimum absolute atomic E-state index is 0. The van der Waals surface area contributed by atoms with Gasteiger partial charge in [0.15, 0.2) is 0 Å². The Hall–Kier alpha value is -0.710. The molecule has 1 heterocycles.